The van der Waals surface area contributed by atoms with Crippen molar-refractivity contribution in [3.05, 3.63) is 54.1 Å². The van der Waals surface area contributed by atoms with Gasteiger partial charge in [0.15, 0.2) is 0 Å². The lowest BCUT2D eigenvalue weighted by Crippen LogP contribution is -2.22. The Bertz CT molecular complexity index is 679. The molecule has 4 heteroatoms. The zero-order chi connectivity index (χ0) is 18.2. The monoisotopic (exact) mass is 340 g/mol. The minimum absolute atomic E-state index is 0.0618. The van der Waals surface area contributed by atoms with Gasteiger partial charge in [0.25, 0.3) is 0 Å². The Balaban J connectivity index is 1.86. The molecule has 2 rings (SSSR count). The van der Waals surface area contributed by atoms with Crippen molar-refractivity contribution in [1.29, 1.82) is 0 Å². The molecular formula is C21H28N2O2. The molecule has 0 heterocycles. The number of nitrogens with one attached hydrogen (secondary N) is 2. The zero-order valence-electron chi connectivity index (χ0n) is 15.5. The van der Waals surface area contributed by atoms with E-state index in [1.165, 1.54) is 0 Å². The van der Waals surface area contributed by atoms with Crippen molar-refractivity contribution >= 4 is 17.3 Å². The number of anilines is 2. The topological polar surface area (TPSA) is 50.4 Å². The third-order valence-electron chi connectivity index (χ3n) is 3.75. The lowest BCUT2D eigenvalue weighted by molar-refractivity contribution is -0.114. The summed E-state index contributed by atoms with van der Waals surface area (Å²) in [4.78, 5) is 12.2. The highest BCUT2D eigenvalue weighted by Gasteiger charge is 2.09. The molecule has 2 N–H and O–H groups in total. The van der Waals surface area contributed by atoms with Gasteiger partial charge < -0.3 is 15.4 Å². The fourth-order valence-electron chi connectivity index (χ4n) is 2.42. The van der Waals surface area contributed by atoms with E-state index < -0.39 is 0 Å². The largest absolute Gasteiger partial charge is 0.493 e. The maximum absolute atomic E-state index is 12.2. The van der Waals surface area contributed by atoms with Crippen LogP contribution in [0.5, 0.6) is 5.75 Å². The van der Waals surface area contributed by atoms with Crippen molar-refractivity contribution in [3.63, 3.8) is 0 Å². The first-order chi connectivity index (χ1) is 12.0. The van der Waals surface area contributed by atoms with E-state index in [0.717, 1.165) is 22.7 Å². The van der Waals surface area contributed by atoms with Gasteiger partial charge in [-0.15, -0.1) is 0 Å². The molecule has 0 aliphatic rings. The first-order valence-corrected chi connectivity index (χ1v) is 8.81. The van der Waals surface area contributed by atoms with Crippen molar-refractivity contribution in [1.82, 2.24) is 0 Å². The second-order valence-corrected chi connectivity index (χ2v) is 6.87. The highest BCUT2D eigenvalue weighted by atomic mass is 16.5. The van der Waals surface area contributed by atoms with E-state index in [1.807, 2.05) is 48.5 Å². The van der Waals surface area contributed by atoms with Crippen molar-refractivity contribution in [2.75, 3.05) is 23.8 Å². The van der Waals surface area contributed by atoms with E-state index in [4.69, 9.17) is 4.74 Å². The van der Waals surface area contributed by atoms with E-state index in [2.05, 4.69) is 38.3 Å². The summed E-state index contributed by atoms with van der Waals surface area (Å²) < 4.78 is 5.66. The van der Waals surface area contributed by atoms with Crippen LogP contribution in [0.3, 0.4) is 0 Å². The second-order valence-electron chi connectivity index (χ2n) is 6.87. The molecule has 2 aromatic rings. The third-order valence-corrected chi connectivity index (χ3v) is 3.75. The summed E-state index contributed by atoms with van der Waals surface area (Å²) in [6, 6.07) is 15.6. The van der Waals surface area contributed by atoms with Crippen molar-refractivity contribution < 1.29 is 9.53 Å². The number of carbonyl (C=O) groups excluding carboxylic acids is 1. The van der Waals surface area contributed by atoms with Crippen LogP contribution in [0.25, 0.3) is 0 Å². The molecule has 1 amide bonds. The van der Waals surface area contributed by atoms with E-state index in [1.54, 1.807) is 0 Å². The van der Waals surface area contributed by atoms with Crippen molar-refractivity contribution in [2.45, 2.75) is 33.6 Å². The Morgan fingerprint density at radius 3 is 2.32 bits per heavy atom. The predicted octanol–water partition coefficient (Wildman–Crippen LogP) is 4.90. The SMILES string of the molecule is CC(C)COc1ccc(NCC(=O)Nc2ccccc2C(C)C)cc1. The van der Waals surface area contributed by atoms with Gasteiger partial charge in [0.05, 0.1) is 13.2 Å². The summed E-state index contributed by atoms with van der Waals surface area (Å²) in [6.07, 6.45) is 0. The Kier molecular flexibility index (Phi) is 6.87. The molecule has 0 aromatic heterocycles. The van der Waals surface area contributed by atoms with E-state index in [-0.39, 0.29) is 12.5 Å². The fourth-order valence-corrected chi connectivity index (χ4v) is 2.42. The van der Waals surface area contributed by atoms with E-state index in [9.17, 15) is 4.79 Å². The first kappa shape index (κ1) is 18.8. The zero-order valence-corrected chi connectivity index (χ0v) is 15.5. The first-order valence-electron chi connectivity index (χ1n) is 8.81. The van der Waals surface area contributed by atoms with Crippen LogP contribution in [0, 0.1) is 5.92 Å². The number of benzene rings is 2. The molecule has 0 atom stereocenters. The third kappa shape index (κ3) is 6.14. The number of amides is 1. The van der Waals surface area contributed by atoms with E-state index >= 15 is 0 Å². The van der Waals surface area contributed by atoms with Crippen LogP contribution in [0.15, 0.2) is 48.5 Å². The van der Waals surface area contributed by atoms with Crippen molar-refractivity contribution in [2.24, 2.45) is 5.92 Å². The molecule has 134 valence electrons. The average Bonchev–Trinajstić information content (AvgIpc) is 2.59. The van der Waals surface area contributed by atoms with Gasteiger partial charge in [0.2, 0.25) is 5.91 Å². The quantitative estimate of drug-likeness (QED) is 0.719. The maximum atomic E-state index is 12.2. The number of carbonyl (C=O) groups is 1. The standard InChI is InChI=1S/C21H28N2O2/c1-15(2)14-25-18-11-9-17(10-12-18)22-13-21(24)23-20-8-6-5-7-19(20)16(3)4/h5-12,15-16,22H,13-14H2,1-4H3,(H,23,24). The molecule has 0 spiro atoms. The molecule has 0 radical (unpaired) electrons. The lowest BCUT2D eigenvalue weighted by atomic mass is 10.0. The van der Waals surface area contributed by atoms with Crippen LogP contribution in [0.2, 0.25) is 0 Å². The number of hydrogen-bond donors (Lipinski definition) is 2. The molecule has 0 aliphatic carbocycles. The normalized spacial score (nSPS) is 10.8. The number of rotatable bonds is 8. The summed E-state index contributed by atoms with van der Waals surface area (Å²) in [5.74, 6) is 1.64. The van der Waals surface area contributed by atoms with Crippen molar-refractivity contribution in [3.8, 4) is 5.75 Å². The maximum Gasteiger partial charge on any atom is 0.243 e. The van der Waals surface area contributed by atoms with Crippen LogP contribution >= 0.6 is 0 Å². The minimum atomic E-state index is -0.0618. The Morgan fingerprint density at radius 2 is 1.68 bits per heavy atom. The van der Waals surface area contributed by atoms with Gasteiger partial charge >= 0.3 is 0 Å². The molecule has 0 aliphatic heterocycles. The van der Waals surface area contributed by atoms with Gasteiger partial charge in [-0.2, -0.15) is 0 Å². The Labute approximate surface area is 150 Å². The predicted molar refractivity (Wildman–Crippen MR) is 104 cm³/mol. The average molecular weight is 340 g/mol. The van der Waals surface area contributed by atoms with Crippen LogP contribution in [-0.2, 0) is 4.79 Å². The molecular weight excluding hydrogens is 312 g/mol. The van der Waals surface area contributed by atoms with Gasteiger partial charge in [-0.25, -0.2) is 0 Å². The summed E-state index contributed by atoms with van der Waals surface area (Å²) in [5, 5.41) is 6.12. The molecule has 0 saturated carbocycles. The summed E-state index contributed by atoms with van der Waals surface area (Å²) in [7, 11) is 0. The molecule has 0 unspecified atom stereocenters. The highest BCUT2D eigenvalue weighted by Crippen LogP contribution is 2.23. The van der Waals surface area contributed by atoms with Crippen LogP contribution in [0.4, 0.5) is 11.4 Å². The smallest absolute Gasteiger partial charge is 0.243 e. The highest BCUT2D eigenvalue weighted by molar-refractivity contribution is 5.94. The molecule has 0 bridgehead atoms. The van der Waals surface area contributed by atoms with Crippen LogP contribution < -0.4 is 15.4 Å². The minimum Gasteiger partial charge on any atom is -0.493 e. The van der Waals surface area contributed by atoms with Gasteiger partial charge in [0, 0.05) is 11.4 Å². The number of para-hydroxylation sites is 1. The van der Waals surface area contributed by atoms with Gasteiger partial charge in [-0.1, -0.05) is 45.9 Å². The van der Waals surface area contributed by atoms with Crippen LogP contribution in [0.1, 0.15) is 39.2 Å². The second kappa shape index (κ2) is 9.11. The Morgan fingerprint density at radius 1 is 1.00 bits per heavy atom. The van der Waals surface area contributed by atoms with Crippen LogP contribution in [-0.4, -0.2) is 19.1 Å². The van der Waals surface area contributed by atoms with Gasteiger partial charge in [0.1, 0.15) is 5.75 Å². The fraction of sp³-hybridized carbons (Fsp3) is 0.381. The number of ether oxygens (including phenoxy) is 1. The molecule has 4 nitrogen and oxygen atoms in total. The van der Waals surface area contributed by atoms with Gasteiger partial charge in [-0.3, -0.25) is 4.79 Å². The molecule has 0 fully saturated rings. The van der Waals surface area contributed by atoms with E-state index in [0.29, 0.717) is 18.4 Å². The summed E-state index contributed by atoms with van der Waals surface area (Å²) in [6.45, 7) is 9.39. The Hall–Kier alpha value is -2.49. The molecule has 25 heavy (non-hydrogen) atoms. The summed E-state index contributed by atoms with van der Waals surface area (Å²) >= 11 is 0. The summed E-state index contributed by atoms with van der Waals surface area (Å²) in [5.41, 5.74) is 2.91. The molecule has 2 aromatic carbocycles. The van der Waals surface area contributed by atoms with Gasteiger partial charge in [-0.05, 0) is 47.7 Å². The molecule has 0 saturated heterocycles. The number of hydrogen-bond acceptors (Lipinski definition) is 3. The lowest BCUT2D eigenvalue weighted by Gasteiger charge is -2.14.